The van der Waals surface area contributed by atoms with Crippen LogP contribution >= 0.6 is 0 Å². The van der Waals surface area contributed by atoms with E-state index in [1.165, 1.54) is 0 Å². The maximum Gasteiger partial charge on any atom is 0.182 e. The number of ether oxygens (including phenoxy) is 1. The number of hydrogen-bond donors (Lipinski definition) is 1. The summed E-state index contributed by atoms with van der Waals surface area (Å²) in [5.41, 5.74) is 0.945. The summed E-state index contributed by atoms with van der Waals surface area (Å²) in [6, 6.07) is 9.75. The van der Waals surface area contributed by atoms with Crippen LogP contribution in [0.3, 0.4) is 0 Å². The van der Waals surface area contributed by atoms with Gasteiger partial charge < -0.3 is 9.84 Å². The van der Waals surface area contributed by atoms with E-state index in [1.807, 2.05) is 30.3 Å². The van der Waals surface area contributed by atoms with Gasteiger partial charge in [0.15, 0.2) is 5.82 Å². The summed E-state index contributed by atoms with van der Waals surface area (Å²) < 4.78 is 6.96. The van der Waals surface area contributed by atoms with Crippen LogP contribution in [0.4, 0.5) is 0 Å². The molecule has 2 aromatic rings. The lowest BCUT2D eigenvalue weighted by atomic mass is 10.2. The number of rotatable bonds is 5. The Labute approximate surface area is 123 Å². The van der Waals surface area contributed by atoms with Crippen molar-refractivity contribution in [1.29, 1.82) is 0 Å². The lowest BCUT2D eigenvalue weighted by Crippen LogP contribution is -2.42. The van der Waals surface area contributed by atoms with Crippen LogP contribution in [0.2, 0.25) is 0 Å². The highest BCUT2D eigenvalue weighted by molar-refractivity contribution is 5.53. The Hall–Kier alpha value is -1.83. The summed E-state index contributed by atoms with van der Waals surface area (Å²) >= 11 is 0. The maximum atomic E-state index is 10.2. The molecule has 1 aliphatic heterocycles. The molecule has 0 bridgehead atoms. The normalized spacial score (nSPS) is 17.8. The molecule has 21 heavy (non-hydrogen) atoms. The average molecular weight is 289 g/mol. The minimum absolute atomic E-state index is 0.384. The molecule has 1 saturated heterocycles. The van der Waals surface area contributed by atoms with Gasteiger partial charge in [0, 0.05) is 25.2 Å². The van der Waals surface area contributed by atoms with Crippen LogP contribution < -0.4 is 0 Å². The van der Waals surface area contributed by atoms with Crippen molar-refractivity contribution in [2.24, 2.45) is 0 Å². The van der Waals surface area contributed by atoms with Crippen molar-refractivity contribution in [1.82, 2.24) is 25.1 Å². The standard InChI is InChI=1S/C14H19N5O2/c20-13(10-18-6-8-21-9-7-18)11-19-14(15-16-17-19)12-4-2-1-3-5-12/h1-5,13,20H,6-11H2. The number of aliphatic hydroxyl groups is 1. The van der Waals surface area contributed by atoms with Crippen LogP contribution in [0.15, 0.2) is 30.3 Å². The van der Waals surface area contributed by atoms with E-state index in [0.717, 1.165) is 31.9 Å². The molecule has 112 valence electrons. The van der Waals surface area contributed by atoms with Gasteiger partial charge in [-0.1, -0.05) is 30.3 Å². The summed E-state index contributed by atoms with van der Waals surface area (Å²) in [6.45, 7) is 4.17. The molecule has 3 rings (SSSR count). The van der Waals surface area contributed by atoms with Crippen molar-refractivity contribution >= 4 is 0 Å². The fraction of sp³-hybridized carbons (Fsp3) is 0.500. The van der Waals surface area contributed by atoms with Gasteiger partial charge in [0.25, 0.3) is 0 Å². The zero-order chi connectivity index (χ0) is 14.5. The summed E-state index contributed by atoms with van der Waals surface area (Å²) in [7, 11) is 0. The van der Waals surface area contributed by atoms with Gasteiger partial charge in [0.2, 0.25) is 0 Å². The van der Waals surface area contributed by atoms with E-state index < -0.39 is 6.10 Å². The minimum Gasteiger partial charge on any atom is -0.390 e. The zero-order valence-corrected chi connectivity index (χ0v) is 11.8. The Morgan fingerprint density at radius 1 is 1.14 bits per heavy atom. The largest absolute Gasteiger partial charge is 0.390 e. The van der Waals surface area contributed by atoms with Crippen molar-refractivity contribution in [3.8, 4) is 11.4 Å². The van der Waals surface area contributed by atoms with E-state index in [-0.39, 0.29) is 0 Å². The fourth-order valence-electron chi connectivity index (χ4n) is 2.46. The highest BCUT2D eigenvalue weighted by Crippen LogP contribution is 2.15. The molecule has 1 atom stereocenters. The Kier molecular flexibility index (Phi) is 4.54. The second-order valence-electron chi connectivity index (χ2n) is 5.12. The van der Waals surface area contributed by atoms with Crippen LogP contribution in [0.5, 0.6) is 0 Å². The molecular formula is C14H19N5O2. The second kappa shape index (κ2) is 6.75. The quantitative estimate of drug-likeness (QED) is 0.837. The van der Waals surface area contributed by atoms with Crippen molar-refractivity contribution in [2.75, 3.05) is 32.8 Å². The molecular weight excluding hydrogens is 270 g/mol. The molecule has 7 nitrogen and oxygen atoms in total. The predicted molar refractivity (Wildman–Crippen MR) is 76.5 cm³/mol. The van der Waals surface area contributed by atoms with Crippen LogP contribution in [0, 0.1) is 0 Å². The van der Waals surface area contributed by atoms with Gasteiger partial charge in [-0.25, -0.2) is 4.68 Å². The summed E-state index contributed by atoms with van der Waals surface area (Å²) in [5, 5.41) is 22.0. The van der Waals surface area contributed by atoms with Gasteiger partial charge >= 0.3 is 0 Å². The first kappa shape index (κ1) is 14.1. The fourth-order valence-corrected chi connectivity index (χ4v) is 2.46. The molecule has 7 heteroatoms. The van der Waals surface area contributed by atoms with Crippen LogP contribution in [-0.4, -0.2) is 69.2 Å². The highest BCUT2D eigenvalue weighted by Gasteiger charge is 2.17. The third kappa shape index (κ3) is 3.63. The number of morpholine rings is 1. The van der Waals surface area contributed by atoms with E-state index in [1.54, 1.807) is 4.68 Å². The highest BCUT2D eigenvalue weighted by atomic mass is 16.5. The molecule has 1 unspecified atom stereocenters. The monoisotopic (exact) mass is 289 g/mol. The number of benzene rings is 1. The molecule has 1 aromatic heterocycles. The predicted octanol–water partition coefficient (Wildman–Crippen LogP) is 0.0332. The molecule has 0 spiro atoms. The van der Waals surface area contributed by atoms with Crippen LogP contribution in [0.25, 0.3) is 11.4 Å². The van der Waals surface area contributed by atoms with Gasteiger partial charge in [-0.15, -0.1) is 5.10 Å². The first-order valence-corrected chi connectivity index (χ1v) is 7.12. The summed E-state index contributed by atoms with van der Waals surface area (Å²) in [4.78, 5) is 2.20. The third-order valence-corrected chi connectivity index (χ3v) is 3.52. The van der Waals surface area contributed by atoms with Crippen LogP contribution in [0.1, 0.15) is 0 Å². The molecule has 1 N–H and O–H groups in total. The van der Waals surface area contributed by atoms with Crippen molar-refractivity contribution in [2.45, 2.75) is 12.6 Å². The Morgan fingerprint density at radius 3 is 2.67 bits per heavy atom. The minimum atomic E-state index is -0.505. The molecule has 1 fully saturated rings. The van der Waals surface area contributed by atoms with E-state index in [2.05, 4.69) is 20.4 Å². The molecule has 2 heterocycles. The number of β-amino-alcohol motifs (C(OH)–C–C–N with tert-alkyl or cyclic N) is 1. The van der Waals surface area contributed by atoms with Crippen molar-refractivity contribution in [3.63, 3.8) is 0 Å². The van der Waals surface area contributed by atoms with Crippen molar-refractivity contribution in [3.05, 3.63) is 30.3 Å². The molecule has 0 saturated carbocycles. The lowest BCUT2D eigenvalue weighted by Gasteiger charge is -2.28. The lowest BCUT2D eigenvalue weighted by molar-refractivity contribution is 0.0108. The summed E-state index contributed by atoms with van der Waals surface area (Å²) in [6.07, 6.45) is -0.505. The van der Waals surface area contributed by atoms with E-state index >= 15 is 0 Å². The smallest absolute Gasteiger partial charge is 0.182 e. The van der Waals surface area contributed by atoms with E-state index in [9.17, 15) is 5.11 Å². The van der Waals surface area contributed by atoms with E-state index in [4.69, 9.17) is 4.74 Å². The SMILES string of the molecule is OC(CN1CCOCC1)Cn1nnnc1-c1ccccc1. The number of nitrogens with zero attached hydrogens (tertiary/aromatic N) is 5. The number of hydrogen-bond acceptors (Lipinski definition) is 6. The van der Waals surface area contributed by atoms with Crippen LogP contribution in [-0.2, 0) is 11.3 Å². The maximum absolute atomic E-state index is 10.2. The van der Waals surface area contributed by atoms with Gasteiger partial charge in [0.05, 0.1) is 25.9 Å². The second-order valence-corrected chi connectivity index (χ2v) is 5.12. The van der Waals surface area contributed by atoms with Gasteiger partial charge in [-0.3, -0.25) is 4.90 Å². The third-order valence-electron chi connectivity index (χ3n) is 3.52. The Bertz CT molecular complexity index is 554. The summed E-state index contributed by atoms with van der Waals surface area (Å²) in [5.74, 6) is 0.677. The first-order chi connectivity index (χ1) is 10.3. The van der Waals surface area contributed by atoms with Crippen molar-refractivity contribution < 1.29 is 9.84 Å². The van der Waals surface area contributed by atoms with Gasteiger partial charge in [-0.05, 0) is 10.4 Å². The number of aliphatic hydroxyl groups excluding tert-OH is 1. The van der Waals surface area contributed by atoms with Gasteiger partial charge in [0.1, 0.15) is 0 Å². The molecule has 0 aliphatic carbocycles. The number of aromatic nitrogens is 4. The molecule has 0 radical (unpaired) electrons. The van der Waals surface area contributed by atoms with E-state index in [0.29, 0.717) is 18.9 Å². The zero-order valence-electron chi connectivity index (χ0n) is 11.8. The molecule has 1 aliphatic rings. The Balaban J connectivity index is 1.64. The Morgan fingerprint density at radius 2 is 1.90 bits per heavy atom. The first-order valence-electron chi connectivity index (χ1n) is 7.12. The average Bonchev–Trinajstić information content (AvgIpc) is 2.97. The topological polar surface area (TPSA) is 76.3 Å². The molecule has 1 aromatic carbocycles. The van der Waals surface area contributed by atoms with Gasteiger partial charge in [-0.2, -0.15) is 0 Å². The molecule has 0 amide bonds. The number of tetrazole rings is 1.